The summed E-state index contributed by atoms with van der Waals surface area (Å²) in [7, 11) is 3.32. The van der Waals surface area contributed by atoms with Crippen molar-refractivity contribution in [3.05, 3.63) is 87.3 Å². The fraction of sp³-hybridized carbons (Fsp3) is 0.258. The van der Waals surface area contributed by atoms with Gasteiger partial charge in [0.2, 0.25) is 0 Å². The number of fused-ring (bicyclic) bond motifs is 3. The van der Waals surface area contributed by atoms with E-state index in [0.717, 1.165) is 16.5 Å². The number of aryl methyl sites for hydroxylation is 1. The summed E-state index contributed by atoms with van der Waals surface area (Å²) in [5, 5.41) is 9.15. The molecule has 0 spiro atoms. The molecular weight excluding hydrogens is 544 g/mol. The van der Waals surface area contributed by atoms with Crippen LogP contribution in [0, 0.1) is 0 Å². The Balaban J connectivity index is 1.53. The van der Waals surface area contributed by atoms with E-state index in [0.29, 0.717) is 65.0 Å². The van der Waals surface area contributed by atoms with Crippen LogP contribution >= 0.6 is 11.6 Å². The maximum Gasteiger partial charge on any atom is 0.296 e. The highest BCUT2D eigenvalue weighted by Gasteiger charge is 2.23. The molecule has 0 radical (unpaired) electrons. The van der Waals surface area contributed by atoms with E-state index < -0.39 is 5.91 Å². The molecule has 10 heteroatoms. The number of nitrogens with zero attached hydrogens (tertiary/aromatic N) is 3. The highest BCUT2D eigenvalue weighted by molar-refractivity contribution is 6.32. The molecule has 9 nitrogen and oxygen atoms in total. The lowest BCUT2D eigenvalue weighted by atomic mass is 10.1. The summed E-state index contributed by atoms with van der Waals surface area (Å²) in [4.78, 5) is 27.5. The van der Waals surface area contributed by atoms with Gasteiger partial charge in [0, 0.05) is 29.9 Å². The summed E-state index contributed by atoms with van der Waals surface area (Å²) in [6.45, 7) is 5.24. The minimum Gasteiger partial charge on any atom is -0.495 e. The molecule has 5 rings (SSSR count). The van der Waals surface area contributed by atoms with Crippen molar-refractivity contribution in [2.45, 2.75) is 20.3 Å². The number of hydrogen-bond acceptors (Lipinski definition) is 6. The largest absolute Gasteiger partial charge is 0.495 e. The molecule has 0 saturated heterocycles. The number of ether oxygens (including phenoxy) is 3. The van der Waals surface area contributed by atoms with Crippen LogP contribution in [-0.4, -0.2) is 47.1 Å². The molecule has 0 fully saturated rings. The standard InChI is InChI=1S/C31H31ClN4O5/c1-5-40-25-13-11-19(17-26(25)41-6-2)15-16-33-30(37)28-27-21-9-7-8-10-23(21)35(3)29(27)31(38)36(34-28)20-12-14-24(39-4)22(32)18-20/h7-14,17-18H,5-6,15-16H2,1-4H3,(H,33,37). The molecule has 41 heavy (non-hydrogen) atoms. The van der Waals surface area contributed by atoms with Crippen molar-refractivity contribution in [1.82, 2.24) is 19.7 Å². The third-order valence-electron chi connectivity index (χ3n) is 6.84. The number of para-hydroxylation sites is 1. The summed E-state index contributed by atoms with van der Waals surface area (Å²) >= 11 is 6.36. The van der Waals surface area contributed by atoms with Gasteiger partial charge in [-0.15, -0.1) is 0 Å². The van der Waals surface area contributed by atoms with Crippen molar-refractivity contribution >= 4 is 39.3 Å². The summed E-state index contributed by atoms with van der Waals surface area (Å²) < 4.78 is 19.6. The van der Waals surface area contributed by atoms with Crippen molar-refractivity contribution in [2.24, 2.45) is 7.05 Å². The summed E-state index contributed by atoms with van der Waals surface area (Å²) in [5.41, 5.74) is 2.36. The van der Waals surface area contributed by atoms with Crippen LogP contribution in [0.2, 0.25) is 5.02 Å². The molecule has 5 aromatic rings. The third-order valence-corrected chi connectivity index (χ3v) is 7.14. The van der Waals surface area contributed by atoms with Crippen molar-refractivity contribution in [3.8, 4) is 22.9 Å². The van der Waals surface area contributed by atoms with E-state index in [1.54, 1.807) is 29.8 Å². The molecule has 0 atom stereocenters. The number of nitrogens with one attached hydrogen (secondary N) is 1. The Morgan fingerprint density at radius 3 is 2.44 bits per heavy atom. The molecule has 0 aliphatic rings. The topological polar surface area (TPSA) is 96.6 Å². The first-order valence-electron chi connectivity index (χ1n) is 13.4. The van der Waals surface area contributed by atoms with Gasteiger partial charge in [-0.2, -0.15) is 9.78 Å². The fourth-order valence-electron chi connectivity index (χ4n) is 4.96. The first-order chi connectivity index (χ1) is 19.9. The van der Waals surface area contributed by atoms with Crippen LogP contribution in [0.5, 0.6) is 17.2 Å². The average molecular weight is 575 g/mol. The Morgan fingerprint density at radius 1 is 0.976 bits per heavy atom. The van der Waals surface area contributed by atoms with Gasteiger partial charge in [-0.05, 0) is 62.2 Å². The summed E-state index contributed by atoms with van der Waals surface area (Å²) in [6, 6.07) is 18.2. The van der Waals surface area contributed by atoms with Crippen LogP contribution in [0.4, 0.5) is 0 Å². The number of rotatable bonds is 10. The van der Waals surface area contributed by atoms with E-state index in [9.17, 15) is 9.59 Å². The minimum absolute atomic E-state index is 0.144. The van der Waals surface area contributed by atoms with E-state index in [2.05, 4.69) is 10.4 Å². The molecular formula is C31H31ClN4O5. The number of benzene rings is 3. The molecule has 212 valence electrons. The quantitative estimate of drug-likeness (QED) is 0.243. The maximum absolute atomic E-state index is 13.8. The van der Waals surface area contributed by atoms with Gasteiger partial charge in [0.15, 0.2) is 17.2 Å². The van der Waals surface area contributed by atoms with Gasteiger partial charge in [-0.3, -0.25) is 9.59 Å². The number of carbonyl (C=O) groups excluding carboxylic acids is 1. The lowest BCUT2D eigenvalue weighted by Crippen LogP contribution is -2.31. The molecule has 0 aliphatic carbocycles. The number of carbonyl (C=O) groups is 1. The molecule has 0 saturated carbocycles. The number of halogens is 1. The van der Waals surface area contributed by atoms with E-state index in [-0.39, 0.29) is 11.3 Å². The zero-order chi connectivity index (χ0) is 29.1. The SMILES string of the molecule is CCOc1ccc(CCNC(=O)c2nn(-c3ccc(OC)c(Cl)c3)c(=O)c3c2c2ccccc2n3C)cc1OCC. The molecule has 1 N–H and O–H groups in total. The predicted molar refractivity (Wildman–Crippen MR) is 160 cm³/mol. The third kappa shape index (κ3) is 5.32. The minimum atomic E-state index is -0.393. The Labute approximate surface area is 242 Å². The highest BCUT2D eigenvalue weighted by atomic mass is 35.5. The first kappa shape index (κ1) is 28.0. The van der Waals surface area contributed by atoms with Crippen LogP contribution in [0.15, 0.2) is 65.5 Å². The second-order valence-corrected chi connectivity index (χ2v) is 9.74. The molecule has 2 heterocycles. The first-order valence-corrected chi connectivity index (χ1v) is 13.8. The Kier molecular flexibility index (Phi) is 8.16. The monoisotopic (exact) mass is 574 g/mol. The predicted octanol–water partition coefficient (Wildman–Crippen LogP) is 5.31. The Hall–Kier alpha value is -4.50. The second kappa shape index (κ2) is 11.9. The van der Waals surface area contributed by atoms with E-state index in [1.165, 1.54) is 11.8 Å². The lowest BCUT2D eigenvalue weighted by molar-refractivity contribution is 0.0949. The fourth-order valence-corrected chi connectivity index (χ4v) is 5.21. The number of hydrogen-bond donors (Lipinski definition) is 1. The van der Waals surface area contributed by atoms with Gasteiger partial charge in [0.25, 0.3) is 11.5 Å². The van der Waals surface area contributed by atoms with Gasteiger partial charge < -0.3 is 24.1 Å². The summed E-state index contributed by atoms with van der Waals surface area (Å²) in [6.07, 6.45) is 0.560. The van der Waals surface area contributed by atoms with Crippen LogP contribution in [0.25, 0.3) is 27.5 Å². The Morgan fingerprint density at radius 2 is 1.71 bits per heavy atom. The van der Waals surface area contributed by atoms with Crippen LogP contribution < -0.4 is 25.1 Å². The number of methoxy groups -OCH3 is 1. The molecule has 0 unspecified atom stereocenters. The molecule has 2 aromatic heterocycles. The number of aromatic nitrogens is 3. The van der Waals surface area contributed by atoms with Crippen molar-refractivity contribution in [1.29, 1.82) is 0 Å². The van der Waals surface area contributed by atoms with E-state index in [4.69, 9.17) is 25.8 Å². The van der Waals surface area contributed by atoms with Crippen LogP contribution in [0.1, 0.15) is 29.9 Å². The zero-order valence-corrected chi connectivity index (χ0v) is 24.1. The van der Waals surface area contributed by atoms with Crippen LogP contribution in [-0.2, 0) is 13.5 Å². The highest BCUT2D eigenvalue weighted by Crippen LogP contribution is 2.31. The summed E-state index contributed by atoms with van der Waals surface area (Å²) in [5.74, 6) is 1.43. The smallest absolute Gasteiger partial charge is 0.296 e. The number of amides is 1. The van der Waals surface area contributed by atoms with E-state index >= 15 is 0 Å². The van der Waals surface area contributed by atoms with Crippen molar-refractivity contribution in [2.75, 3.05) is 26.9 Å². The van der Waals surface area contributed by atoms with E-state index in [1.807, 2.05) is 56.3 Å². The normalized spacial score (nSPS) is 11.1. The van der Waals surface area contributed by atoms with Gasteiger partial charge >= 0.3 is 0 Å². The van der Waals surface area contributed by atoms with Gasteiger partial charge in [-0.25, -0.2) is 0 Å². The van der Waals surface area contributed by atoms with Gasteiger partial charge in [0.05, 0.1) is 31.0 Å². The van der Waals surface area contributed by atoms with Crippen molar-refractivity contribution < 1.29 is 19.0 Å². The van der Waals surface area contributed by atoms with Crippen molar-refractivity contribution in [3.63, 3.8) is 0 Å². The van der Waals surface area contributed by atoms with Gasteiger partial charge in [0.1, 0.15) is 11.3 Å². The second-order valence-electron chi connectivity index (χ2n) is 9.34. The van der Waals surface area contributed by atoms with Crippen LogP contribution in [0.3, 0.4) is 0 Å². The molecule has 1 amide bonds. The maximum atomic E-state index is 13.8. The zero-order valence-electron chi connectivity index (χ0n) is 23.4. The average Bonchev–Trinajstić information content (AvgIpc) is 3.27. The molecule has 0 aliphatic heterocycles. The molecule has 0 bridgehead atoms. The van der Waals surface area contributed by atoms with Gasteiger partial charge in [-0.1, -0.05) is 35.9 Å². The molecule has 3 aromatic carbocycles. The lowest BCUT2D eigenvalue weighted by Gasteiger charge is -2.13. The Bertz CT molecular complexity index is 1810.